The highest BCUT2D eigenvalue weighted by Crippen LogP contribution is 2.18. The van der Waals surface area contributed by atoms with E-state index in [0.29, 0.717) is 13.0 Å². The number of carbonyl (C=O) groups excluding carboxylic acids is 1. The molecule has 2 fully saturated rings. The fraction of sp³-hybridized carbons (Fsp3) is 0.944. The van der Waals surface area contributed by atoms with Crippen LogP contribution in [0.25, 0.3) is 0 Å². The van der Waals surface area contributed by atoms with Crippen molar-refractivity contribution in [1.29, 1.82) is 0 Å². The summed E-state index contributed by atoms with van der Waals surface area (Å²) in [5, 5.41) is 2.96. The fourth-order valence-electron chi connectivity index (χ4n) is 3.76. The number of ether oxygens (including phenoxy) is 1. The van der Waals surface area contributed by atoms with Gasteiger partial charge < -0.3 is 15.0 Å². The molecule has 0 radical (unpaired) electrons. The Labute approximate surface area is 158 Å². The summed E-state index contributed by atoms with van der Waals surface area (Å²) < 4.78 is 29.2. The van der Waals surface area contributed by atoms with E-state index in [-0.39, 0.29) is 36.1 Å². The molecule has 0 saturated carbocycles. The minimum atomic E-state index is -2.96. The standard InChI is InChI=1S/C18H35N3O4S/c1-3-20(4-2)9-6-10-21(16-8-12-26(23,24)15-16)14-18(22)19-13-17-7-5-11-25-17/h16-17H,3-15H2,1-2H3,(H,19,22). The highest BCUT2D eigenvalue weighted by Gasteiger charge is 2.33. The molecule has 2 saturated heterocycles. The highest BCUT2D eigenvalue weighted by atomic mass is 32.2. The van der Waals surface area contributed by atoms with Gasteiger partial charge in [-0.25, -0.2) is 8.42 Å². The van der Waals surface area contributed by atoms with Crippen LogP contribution in [0.3, 0.4) is 0 Å². The summed E-state index contributed by atoms with van der Waals surface area (Å²) in [6.07, 6.45) is 3.75. The Morgan fingerprint density at radius 3 is 2.54 bits per heavy atom. The zero-order chi connectivity index (χ0) is 19.0. The van der Waals surface area contributed by atoms with Crippen molar-refractivity contribution in [1.82, 2.24) is 15.1 Å². The van der Waals surface area contributed by atoms with Crippen molar-refractivity contribution in [3.63, 3.8) is 0 Å². The van der Waals surface area contributed by atoms with Gasteiger partial charge in [0.2, 0.25) is 5.91 Å². The van der Waals surface area contributed by atoms with Gasteiger partial charge in [-0.15, -0.1) is 0 Å². The number of hydrogen-bond acceptors (Lipinski definition) is 6. The van der Waals surface area contributed by atoms with Crippen LogP contribution >= 0.6 is 0 Å². The predicted molar refractivity (Wildman–Crippen MR) is 103 cm³/mol. The van der Waals surface area contributed by atoms with Crippen LogP contribution in [0.5, 0.6) is 0 Å². The van der Waals surface area contributed by atoms with Gasteiger partial charge in [0.05, 0.1) is 24.2 Å². The first kappa shape index (κ1) is 21.6. The highest BCUT2D eigenvalue weighted by molar-refractivity contribution is 7.91. The summed E-state index contributed by atoms with van der Waals surface area (Å²) in [5.74, 6) is 0.381. The minimum absolute atomic E-state index is 0.0346. The summed E-state index contributed by atoms with van der Waals surface area (Å²) in [6, 6.07) is -0.0369. The average Bonchev–Trinajstić information content (AvgIpc) is 3.25. The molecule has 2 atom stereocenters. The second-order valence-corrected chi connectivity index (χ2v) is 9.58. The summed E-state index contributed by atoms with van der Waals surface area (Å²) in [4.78, 5) is 16.8. The molecule has 1 amide bonds. The number of rotatable bonds is 11. The lowest BCUT2D eigenvalue weighted by Crippen LogP contribution is -2.46. The summed E-state index contributed by atoms with van der Waals surface area (Å²) in [5.41, 5.74) is 0. The zero-order valence-corrected chi connectivity index (χ0v) is 17.1. The van der Waals surface area contributed by atoms with Crippen LogP contribution in [-0.4, -0.2) is 93.7 Å². The third kappa shape index (κ3) is 7.13. The molecule has 2 heterocycles. The molecular formula is C18H35N3O4S. The molecule has 26 heavy (non-hydrogen) atoms. The van der Waals surface area contributed by atoms with E-state index in [0.717, 1.165) is 52.0 Å². The van der Waals surface area contributed by atoms with Crippen molar-refractivity contribution in [2.45, 2.75) is 51.7 Å². The second-order valence-electron chi connectivity index (χ2n) is 7.35. The van der Waals surface area contributed by atoms with E-state index >= 15 is 0 Å². The van der Waals surface area contributed by atoms with E-state index in [1.54, 1.807) is 0 Å². The maximum absolute atomic E-state index is 12.4. The van der Waals surface area contributed by atoms with Gasteiger partial charge in [0.1, 0.15) is 0 Å². The van der Waals surface area contributed by atoms with Gasteiger partial charge in [0.25, 0.3) is 0 Å². The van der Waals surface area contributed by atoms with Crippen molar-refractivity contribution in [2.75, 3.05) is 57.4 Å². The first-order valence-corrected chi connectivity index (χ1v) is 11.8. The lowest BCUT2D eigenvalue weighted by molar-refractivity contribution is -0.123. The summed E-state index contributed by atoms with van der Waals surface area (Å²) >= 11 is 0. The molecule has 2 aliphatic rings. The molecule has 0 bridgehead atoms. The number of carbonyl (C=O) groups is 1. The van der Waals surface area contributed by atoms with Gasteiger partial charge in [-0.1, -0.05) is 13.8 Å². The van der Waals surface area contributed by atoms with E-state index in [4.69, 9.17) is 4.74 Å². The van der Waals surface area contributed by atoms with Crippen molar-refractivity contribution >= 4 is 15.7 Å². The van der Waals surface area contributed by atoms with E-state index < -0.39 is 9.84 Å². The number of nitrogens with one attached hydrogen (secondary N) is 1. The smallest absolute Gasteiger partial charge is 0.234 e. The average molecular weight is 390 g/mol. The van der Waals surface area contributed by atoms with Crippen LogP contribution in [0.2, 0.25) is 0 Å². The number of amides is 1. The molecule has 0 aromatic rings. The van der Waals surface area contributed by atoms with Gasteiger partial charge in [-0.2, -0.15) is 0 Å². The SMILES string of the molecule is CCN(CC)CCCN(CC(=O)NCC1CCCO1)C1CCS(=O)(=O)C1. The van der Waals surface area contributed by atoms with Gasteiger partial charge in [-0.3, -0.25) is 9.69 Å². The molecular weight excluding hydrogens is 354 g/mol. The Kier molecular flexibility index (Phi) is 8.79. The van der Waals surface area contributed by atoms with Crippen molar-refractivity contribution < 1.29 is 17.9 Å². The minimum Gasteiger partial charge on any atom is -0.376 e. The normalized spacial score (nSPS) is 25.2. The Bertz CT molecular complexity index is 531. The molecule has 0 aliphatic carbocycles. The topological polar surface area (TPSA) is 79.0 Å². The quantitative estimate of drug-likeness (QED) is 0.554. The molecule has 0 spiro atoms. The Morgan fingerprint density at radius 1 is 1.19 bits per heavy atom. The molecule has 2 rings (SSSR count). The van der Waals surface area contributed by atoms with E-state index in [1.165, 1.54) is 0 Å². The van der Waals surface area contributed by atoms with Crippen LogP contribution < -0.4 is 5.32 Å². The molecule has 7 nitrogen and oxygen atoms in total. The van der Waals surface area contributed by atoms with Crippen LogP contribution in [0.4, 0.5) is 0 Å². The van der Waals surface area contributed by atoms with Crippen LogP contribution in [-0.2, 0) is 19.4 Å². The molecule has 1 N–H and O–H groups in total. The molecule has 0 aromatic carbocycles. The molecule has 0 aromatic heterocycles. The van der Waals surface area contributed by atoms with Gasteiger partial charge in [0, 0.05) is 25.7 Å². The van der Waals surface area contributed by atoms with Gasteiger partial charge in [-0.05, 0) is 45.3 Å². The maximum Gasteiger partial charge on any atom is 0.234 e. The lowest BCUT2D eigenvalue weighted by atomic mass is 10.2. The molecule has 152 valence electrons. The number of hydrogen-bond donors (Lipinski definition) is 1. The van der Waals surface area contributed by atoms with Crippen LogP contribution in [0.15, 0.2) is 0 Å². The largest absolute Gasteiger partial charge is 0.376 e. The Hall–Kier alpha value is -0.700. The maximum atomic E-state index is 12.4. The van der Waals surface area contributed by atoms with Gasteiger partial charge >= 0.3 is 0 Å². The number of sulfone groups is 1. The predicted octanol–water partition coefficient (Wildman–Crippen LogP) is 0.503. The summed E-state index contributed by atoms with van der Waals surface area (Å²) in [7, 11) is -2.96. The van der Waals surface area contributed by atoms with E-state index in [9.17, 15) is 13.2 Å². The van der Waals surface area contributed by atoms with Gasteiger partial charge in [0.15, 0.2) is 9.84 Å². The third-order valence-electron chi connectivity index (χ3n) is 5.44. The van der Waals surface area contributed by atoms with E-state index in [1.807, 2.05) is 0 Å². The summed E-state index contributed by atoms with van der Waals surface area (Å²) in [6.45, 7) is 9.63. The first-order valence-electron chi connectivity index (χ1n) is 9.98. The van der Waals surface area contributed by atoms with E-state index in [2.05, 4.69) is 29.0 Å². The monoisotopic (exact) mass is 389 g/mol. The second kappa shape index (κ2) is 10.6. The van der Waals surface area contributed by atoms with Crippen molar-refractivity contribution in [3.8, 4) is 0 Å². The van der Waals surface area contributed by atoms with Crippen LogP contribution in [0.1, 0.15) is 39.5 Å². The van der Waals surface area contributed by atoms with Crippen LogP contribution in [0, 0.1) is 0 Å². The lowest BCUT2D eigenvalue weighted by Gasteiger charge is -2.28. The Morgan fingerprint density at radius 2 is 1.96 bits per heavy atom. The molecule has 2 unspecified atom stereocenters. The number of nitrogens with zero attached hydrogens (tertiary/aromatic N) is 2. The molecule has 2 aliphatic heterocycles. The van der Waals surface area contributed by atoms with Crippen molar-refractivity contribution in [2.24, 2.45) is 0 Å². The fourth-order valence-corrected chi connectivity index (χ4v) is 5.53. The Balaban J connectivity index is 1.84. The first-order chi connectivity index (χ1) is 12.4. The van der Waals surface area contributed by atoms with Crippen molar-refractivity contribution in [3.05, 3.63) is 0 Å². The third-order valence-corrected chi connectivity index (χ3v) is 7.19. The zero-order valence-electron chi connectivity index (χ0n) is 16.3. The molecule has 8 heteroatoms.